The Morgan fingerprint density at radius 3 is 2.85 bits per heavy atom. The second kappa shape index (κ2) is 6.09. The summed E-state index contributed by atoms with van der Waals surface area (Å²) in [6.07, 6.45) is 5.11. The fourth-order valence-corrected chi connectivity index (χ4v) is 2.39. The van der Waals surface area contributed by atoms with Gasteiger partial charge in [0, 0.05) is 38.4 Å². The number of carboxylic acids is 1. The monoisotopic (exact) mass is 279 g/mol. The fraction of sp³-hybridized carbons (Fsp3) is 0.571. The number of hydrogen-bond acceptors (Lipinski definition) is 4. The maximum absolute atomic E-state index is 10.7. The zero-order valence-corrected chi connectivity index (χ0v) is 12.2. The van der Waals surface area contributed by atoms with Crippen LogP contribution in [0.5, 0.6) is 0 Å². The molecule has 20 heavy (non-hydrogen) atoms. The molecule has 2 rings (SSSR count). The number of aromatic nitrogens is 2. The van der Waals surface area contributed by atoms with Crippen molar-refractivity contribution in [2.24, 2.45) is 7.05 Å². The van der Waals surface area contributed by atoms with Crippen molar-refractivity contribution in [1.29, 1.82) is 0 Å². The molecule has 110 valence electrons. The van der Waals surface area contributed by atoms with E-state index >= 15 is 0 Å². The molecule has 1 aromatic rings. The van der Waals surface area contributed by atoms with E-state index in [-0.39, 0.29) is 0 Å². The number of carbonyl (C=O) groups is 1. The van der Waals surface area contributed by atoms with E-state index in [1.807, 2.05) is 18.7 Å². The van der Waals surface area contributed by atoms with Crippen LogP contribution in [0, 0.1) is 6.92 Å². The standard InChI is InChI=1S/C14H21N3O3/c1-10-12(6-7-13(18)19)14(16(2)15-10)17(8-9-20-3)11-4-5-11/h6-7,11H,4-5,8-9H2,1-3H3,(H,18,19). The molecule has 0 unspecified atom stereocenters. The van der Waals surface area contributed by atoms with Gasteiger partial charge in [-0.1, -0.05) is 0 Å². The topological polar surface area (TPSA) is 67.6 Å². The Morgan fingerprint density at radius 2 is 2.30 bits per heavy atom. The van der Waals surface area contributed by atoms with E-state index in [4.69, 9.17) is 9.84 Å². The Bertz CT molecular complexity index is 518. The molecular weight excluding hydrogens is 258 g/mol. The van der Waals surface area contributed by atoms with Gasteiger partial charge in [-0.2, -0.15) is 5.10 Å². The summed E-state index contributed by atoms with van der Waals surface area (Å²) >= 11 is 0. The molecule has 0 spiro atoms. The first-order valence-corrected chi connectivity index (χ1v) is 6.74. The number of methoxy groups -OCH3 is 1. The molecule has 0 bridgehead atoms. The Morgan fingerprint density at radius 1 is 1.60 bits per heavy atom. The third kappa shape index (κ3) is 3.19. The molecule has 0 aliphatic heterocycles. The summed E-state index contributed by atoms with van der Waals surface area (Å²) in [5.74, 6) is 0.0219. The van der Waals surface area contributed by atoms with Gasteiger partial charge in [0.2, 0.25) is 0 Å². The molecule has 0 amide bonds. The van der Waals surface area contributed by atoms with Crippen LogP contribution in [-0.2, 0) is 16.6 Å². The first kappa shape index (κ1) is 14.6. The average molecular weight is 279 g/mol. The molecule has 0 radical (unpaired) electrons. The van der Waals surface area contributed by atoms with Gasteiger partial charge in [-0.3, -0.25) is 4.68 Å². The number of ether oxygens (including phenoxy) is 1. The lowest BCUT2D eigenvalue weighted by Gasteiger charge is -2.25. The summed E-state index contributed by atoms with van der Waals surface area (Å²) in [6.45, 7) is 3.32. The lowest BCUT2D eigenvalue weighted by molar-refractivity contribution is -0.131. The SMILES string of the molecule is COCCN(c1c(C=CC(=O)O)c(C)nn1C)C1CC1. The minimum absolute atomic E-state index is 0.511. The minimum atomic E-state index is -0.950. The van der Waals surface area contributed by atoms with Crippen LogP contribution in [0.25, 0.3) is 6.08 Å². The highest BCUT2D eigenvalue weighted by molar-refractivity contribution is 5.87. The van der Waals surface area contributed by atoms with E-state index in [2.05, 4.69) is 10.00 Å². The van der Waals surface area contributed by atoms with Crippen molar-refractivity contribution >= 4 is 17.9 Å². The number of rotatable bonds is 7. The maximum atomic E-state index is 10.7. The quantitative estimate of drug-likeness (QED) is 0.765. The zero-order valence-electron chi connectivity index (χ0n) is 12.2. The van der Waals surface area contributed by atoms with Crippen molar-refractivity contribution in [3.8, 4) is 0 Å². The number of nitrogens with zero attached hydrogens (tertiary/aromatic N) is 3. The Labute approximate surface area is 118 Å². The average Bonchev–Trinajstić information content (AvgIpc) is 3.16. The molecule has 6 heteroatoms. The smallest absolute Gasteiger partial charge is 0.328 e. The molecule has 1 aliphatic carbocycles. The van der Waals surface area contributed by atoms with Gasteiger partial charge < -0.3 is 14.7 Å². The summed E-state index contributed by atoms with van der Waals surface area (Å²) in [6, 6.07) is 0.511. The van der Waals surface area contributed by atoms with E-state index in [9.17, 15) is 4.79 Å². The van der Waals surface area contributed by atoms with E-state index in [1.54, 1.807) is 13.2 Å². The van der Waals surface area contributed by atoms with Crippen molar-refractivity contribution < 1.29 is 14.6 Å². The number of carboxylic acid groups (broad SMARTS) is 1. The molecule has 1 fully saturated rings. The van der Waals surface area contributed by atoms with Gasteiger partial charge in [0.1, 0.15) is 5.82 Å². The van der Waals surface area contributed by atoms with Crippen LogP contribution >= 0.6 is 0 Å². The Kier molecular flexibility index (Phi) is 4.44. The summed E-state index contributed by atoms with van der Waals surface area (Å²) in [7, 11) is 3.58. The summed E-state index contributed by atoms with van der Waals surface area (Å²) in [4.78, 5) is 13.0. The Hall–Kier alpha value is -1.82. The molecule has 1 aliphatic rings. The first-order chi connectivity index (χ1) is 9.54. The summed E-state index contributed by atoms with van der Waals surface area (Å²) < 4.78 is 7.00. The van der Waals surface area contributed by atoms with E-state index in [1.165, 1.54) is 0 Å². The molecule has 1 N–H and O–H groups in total. The number of anilines is 1. The van der Waals surface area contributed by atoms with Crippen molar-refractivity contribution in [2.45, 2.75) is 25.8 Å². The third-order valence-corrected chi connectivity index (χ3v) is 3.43. The lowest BCUT2D eigenvalue weighted by atomic mass is 10.2. The highest BCUT2D eigenvalue weighted by Crippen LogP contribution is 2.34. The van der Waals surface area contributed by atoms with Gasteiger partial charge in [-0.05, 0) is 25.8 Å². The van der Waals surface area contributed by atoms with Gasteiger partial charge in [-0.15, -0.1) is 0 Å². The molecule has 0 atom stereocenters. The van der Waals surface area contributed by atoms with Crippen LogP contribution in [0.15, 0.2) is 6.08 Å². The third-order valence-electron chi connectivity index (χ3n) is 3.43. The molecule has 0 saturated heterocycles. The molecule has 1 aromatic heterocycles. The summed E-state index contributed by atoms with van der Waals surface area (Å²) in [5, 5.41) is 13.2. The number of aryl methyl sites for hydroxylation is 2. The van der Waals surface area contributed by atoms with Gasteiger partial charge in [0.05, 0.1) is 12.3 Å². The molecular formula is C14H21N3O3. The molecule has 6 nitrogen and oxygen atoms in total. The predicted molar refractivity (Wildman–Crippen MR) is 76.9 cm³/mol. The van der Waals surface area contributed by atoms with Crippen LogP contribution in [0.1, 0.15) is 24.1 Å². The van der Waals surface area contributed by atoms with E-state index in [0.29, 0.717) is 12.6 Å². The van der Waals surface area contributed by atoms with Gasteiger partial charge in [-0.25, -0.2) is 4.79 Å². The van der Waals surface area contributed by atoms with Crippen LogP contribution in [0.3, 0.4) is 0 Å². The molecule has 0 aromatic carbocycles. The highest BCUT2D eigenvalue weighted by Gasteiger charge is 2.32. The number of aliphatic carboxylic acids is 1. The molecule has 1 heterocycles. The second-order valence-corrected chi connectivity index (χ2v) is 5.04. The maximum Gasteiger partial charge on any atom is 0.328 e. The highest BCUT2D eigenvalue weighted by atomic mass is 16.5. The van der Waals surface area contributed by atoms with E-state index < -0.39 is 5.97 Å². The minimum Gasteiger partial charge on any atom is -0.478 e. The van der Waals surface area contributed by atoms with Crippen molar-refractivity contribution in [3.05, 3.63) is 17.3 Å². The van der Waals surface area contributed by atoms with E-state index in [0.717, 1.165) is 42.5 Å². The lowest BCUT2D eigenvalue weighted by Crippen LogP contribution is -2.31. The van der Waals surface area contributed by atoms with Gasteiger partial charge in [0.25, 0.3) is 0 Å². The summed E-state index contributed by atoms with van der Waals surface area (Å²) in [5.41, 5.74) is 1.71. The Balaban J connectivity index is 2.34. The predicted octanol–water partition coefficient (Wildman–Crippen LogP) is 1.44. The first-order valence-electron chi connectivity index (χ1n) is 6.74. The van der Waals surface area contributed by atoms with Gasteiger partial charge >= 0.3 is 5.97 Å². The fourth-order valence-electron chi connectivity index (χ4n) is 2.39. The van der Waals surface area contributed by atoms with Crippen LogP contribution in [0.2, 0.25) is 0 Å². The second-order valence-electron chi connectivity index (χ2n) is 5.04. The molecule has 1 saturated carbocycles. The van der Waals surface area contributed by atoms with Gasteiger partial charge in [0.15, 0.2) is 0 Å². The normalized spacial score (nSPS) is 14.9. The van der Waals surface area contributed by atoms with Crippen molar-refractivity contribution in [2.75, 3.05) is 25.2 Å². The van der Waals surface area contributed by atoms with Crippen molar-refractivity contribution in [3.63, 3.8) is 0 Å². The van der Waals surface area contributed by atoms with Crippen molar-refractivity contribution in [1.82, 2.24) is 9.78 Å². The van der Waals surface area contributed by atoms with Crippen LogP contribution in [-0.4, -0.2) is 47.2 Å². The number of hydrogen-bond donors (Lipinski definition) is 1. The largest absolute Gasteiger partial charge is 0.478 e. The van der Waals surface area contributed by atoms with Crippen LogP contribution < -0.4 is 4.90 Å². The van der Waals surface area contributed by atoms with Crippen LogP contribution in [0.4, 0.5) is 5.82 Å². The zero-order chi connectivity index (χ0) is 14.7.